The normalized spacial score (nSPS) is 18.8. The van der Waals surface area contributed by atoms with Crippen molar-refractivity contribution in [3.63, 3.8) is 0 Å². The van der Waals surface area contributed by atoms with Crippen molar-refractivity contribution in [3.05, 3.63) is 16.1 Å². The minimum atomic E-state index is -0.844. The van der Waals surface area contributed by atoms with Gasteiger partial charge < -0.3 is 19.3 Å². The number of carbonyl (C=O) groups is 1. The van der Waals surface area contributed by atoms with Gasteiger partial charge in [0.1, 0.15) is 23.4 Å². The van der Waals surface area contributed by atoms with E-state index in [-0.39, 0.29) is 0 Å². The Labute approximate surface area is 118 Å². The number of fused-ring (bicyclic) bond motifs is 1. The van der Waals surface area contributed by atoms with Crippen LogP contribution < -0.4 is 14.2 Å². The van der Waals surface area contributed by atoms with Crippen molar-refractivity contribution in [1.82, 2.24) is 0 Å². The lowest BCUT2D eigenvalue weighted by molar-refractivity contribution is -0.140. The molecule has 2 aliphatic rings. The van der Waals surface area contributed by atoms with Crippen molar-refractivity contribution >= 4 is 21.9 Å². The van der Waals surface area contributed by atoms with E-state index in [0.29, 0.717) is 53.3 Å². The van der Waals surface area contributed by atoms with Crippen LogP contribution in [0, 0.1) is 0 Å². The van der Waals surface area contributed by atoms with Crippen molar-refractivity contribution in [2.45, 2.75) is 18.3 Å². The van der Waals surface area contributed by atoms with E-state index in [9.17, 15) is 9.90 Å². The summed E-state index contributed by atoms with van der Waals surface area (Å²) in [7, 11) is 1.53. The van der Waals surface area contributed by atoms with Crippen LogP contribution in [-0.2, 0) is 10.2 Å². The van der Waals surface area contributed by atoms with E-state index in [1.807, 2.05) is 0 Å². The highest BCUT2D eigenvalue weighted by Gasteiger charge is 2.54. The van der Waals surface area contributed by atoms with Gasteiger partial charge in [0.2, 0.25) is 0 Å². The second-order valence-electron chi connectivity index (χ2n) is 4.68. The quantitative estimate of drug-likeness (QED) is 0.922. The van der Waals surface area contributed by atoms with E-state index < -0.39 is 11.4 Å². The van der Waals surface area contributed by atoms with Gasteiger partial charge in [0, 0.05) is 5.56 Å². The molecule has 0 bridgehead atoms. The molecule has 1 saturated carbocycles. The third kappa shape index (κ3) is 1.77. The third-order valence-electron chi connectivity index (χ3n) is 3.61. The van der Waals surface area contributed by atoms with Crippen LogP contribution in [0.1, 0.15) is 18.4 Å². The molecular weight excluding hydrogens is 316 g/mol. The Morgan fingerprint density at radius 3 is 2.68 bits per heavy atom. The SMILES string of the molecule is COc1c(C2(C(=O)O)CC2)cc2c(c1Br)OCCO2. The van der Waals surface area contributed by atoms with Gasteiger partial charge in [0.15, 0.2) is 11.5 Å². The van der Waals surface area contributed by atoms with Crippen molar-refractivity contribution in [3.8, 4) is 17.2 Å². The van der Waals surface area contributed by atoms with Gasteiger partial charge in [0.25, 0.3) is 0 Å². The summed E-state index contributed by atoms with van der Waals surface area (Å²) < 4.78 is 17.1. The van der Waals surface area contributed by atoms with E-state index in [1.54, 1.807) is 6.07 Å². The van der Waals surface area contributed by atoms with Gasteiger partial charge in [-0.1, -0.05) is 0 Å². The average Bonchev–Trinajstić information content (AvgIpc) is 3.20. The molecule has 0 spiro atoms. The predicted molar refractivity (Wildman–Crippen MR) is 70.2 cm³/mol. The number of halogens is 1. The van der Waals surface area contributed by atoms with Crippen LogP contribution >= 0.6 is 15.9 Å². The fourth-order valence-corrected chi connectivity index (χ4v) is 3.09. The lowest BCUT2D eigenvalue weighted by Crippen LogP contribution is -2.22. The number of methoxy groups -OCH3 is 1. The zero-order valence-corrected chi connectivity index (χ0v) is 11.9. The molecule has 3 rings (SSSR count). The average molecular weight is 329 g/mol. The molecule has 0 aromatic heterocycles. The number of aliphatic carboxylic acids is 1. The van der Waals surface area contributed by atoms with E-state index >= 15 is 0 Å². The Balaban J connectivity index is 2.19. The molecule has 1 N–H and O–H groups in total. The molecular formula is C13H13BrO5. The first-order chi connectivity index (χ1) is 9.10. The largest absolute Gasteiger partial charge is 0.495 e. The maximum atomic E-state index is 11.5. The molecule has 1 aromatic carbocycles. The van der Waals surface area contributed by atoms with Crippen LogP contribution in [0.5, 0.6) is 17.2 Å². The number of hydrogen-bond donors (Lipinski definition) is 1. The van der Waals surface area contributed by atoms with Crippen molar-refractivity contribution in [1.29, 1.82) is 0 Å². The van der Waals surface area contributed by atoms with E-state index in [1.165, 1.54) is 7.11 Å². The van der Waals surface area contributed by atoms with Crippen LogP contribution in [0.25, 0.3) is 0 Å². The molecule has 0 unspecified atom stereocenters. The topological polar surface area (TPSA) is 65.0 Å². The minimum absolute atomic E-state index is 0.464. The first kappa shape index (κ1) is 12.6. The Morgan fingerprint density at radius 2 is 2.11 bits per heavy atom. The van der Waals surface area contributed by atoms with E-state index in [2.05, 4.69) is 15.9 Å². The lowest BCUT2D eigenvalue weighted by atomic mass is 9.94. The Hall–Kier alpha value is -1.43. The summed E-state index contributed by atoms with van der Waals surface area (Å²) in [5.41, 5.74) is -0.192. The summed E-state index contributed by atoms with van der Waals surface area (Å²) >= 11 is 3.42. The summed E-state index contributed by atoms with van der Waals surface area (Å²) in [5.74, 6) is 0.841. The third-order valence-corrected chi connectivity index (χ3v) is 4.33. The number of carboxylic acid groups (broad SMARTS) is 1. The Morgan fingerprint density at radius 1 is 1.42 bits per heavy atom. The number of benzene rings is 1. The fourth-order valence-electron chi connectivity index (χ4n) is 2.41. The second-order valence-corrected chi connectivity index (χ2v) is 5.48. The van der Waals surface area contributed by atoms with E-state index in [4.69, 9.17) is 14.2 Å². The number of ether oxygens (including phenoxy) is 3. The van der Waals surface area contributed by atoms with Crippen LogP contribution in [0.2, 0.25) is 0 Å². The molecule has 1 aliphatic heterocycles. The molecule has 0 saturated heterocycles. The van der Waals surface area contributed by atoms with Crippen LogP contribution in [0.15, 0.2) is 10.5 Å². The maximum absolute atomic E-state index is 11.5. The van der Waals surface area contributed by atoms with Gasteiger partial charge in [-0.15, -0.1) is 0 Å². The number of rotatable bonds is 3. The summed E-state index contributed by atoms with van der Waals surface area (Å²) in [6, 6.07) is 1.74. The molecule has 0 atom stereocenters. The van der Waals surface area contributed by atoms with E-state index in [0.717, 1.165) is 0 Å². The molecule has 1 heterocycles. The van der Waals surface area contributed by atoms with Crippen molar-refractivity contribution in [2.24, 2.45) is 0 Å². The highest BCUT2D eigenvalue weighted by atomic mass is 79.9. The second kappa shape index (κ2) is 4.30. The van der Waals surface area contributed by atoms with Crippen molar-refractivity contribution in [2.75, 3.05) is 20.3 Å². The molecule has 6 heteroatoms. The van der Waals surface area contributed by atoms with Crippen LogP contribution in [-0.4, -0.2) is 31.4 Å². The Kier molecular flexibility index (Phi) is 2.85. The van der Waals surface area contributed by atoms with Gasteiger partial charge in [-0.3, -0.25) is 4.79 Å². The highest BCUT2D eigenvalue weighted by Crippen LogP contribution is 2.56. The molecule has 19 heavy (non-hydrogen) atoms. The molecule has 5 nitrogen and oxygen atoms in total. The monoisotopic (exact) mass is 328 g/mol. The Bertz CT molecular complexity index is 550. The minimum Gasteiger partial charge on any atom is -0.495 e. The zero-order chi connectivity index (χ0) is 13.6. The standard InChI is InChI=1S/C13H13BrO5/c1-17-10-7(13(2-3-13)12(15)16)6-8-11(9(10)14)19-5-4-18-8/h6H,2-5H2,1H3,(H,15,16). The molecule has 1 aliphatic carbocycles. The number of carboxylic acids is 1. The van der Waals surface area contributed by atoms with Gasteiger partial charge >= 0.3 is 5.97 Å². The summed E-state index contributed by atoms with van der Waals surface area (Å²) in [6.45, 7) is 0.934. The maximum Gasteiger partial charge on any atom is 0.314 e. The highest BCUT2D eigenvalue weighted by molar-refractivity contribution is 9.10. The fraction of sp³-hybridized carbons (Fsp3) is 0.462. The first-order valence-corrected chi connectivity index (χ1v) is 6.79. The molecule has 0 radical (unpaired) electrons. The summed E-state index contributed by atoms with van der Waals surface area (Å²) in [6.07, 6.45) is 1.23. The first-order valence-electron chi connectivity index (χ1n) is 6.00. The smallest absolute Gasteiger partial charge is 0.314 e. The number of hydrogen-bond acceptors (Lipinski definition) is 4. The van der Waals surface area contributed by atoms with Crippen LogP contribution in [0.3, 0.4) is 0 Å². The van der Waals surface area contributed by atoms with Gasteiger partial charge in [-0.25, -0.2) is 0 Å². The molecule has 1 fully saturated rings. The molecule has 102 valence electrons. The van der Waals surface area contributed by atoms with Crippen molar-refractivity contribution < 1.29 is 24.1 Å². The van der Waals surface area contributed by atoms with Gasteiger partial charge in [-0.05, 0) is 34.8 Å². The summed E-state index contributed by atoms with van der Waals surface area (Å²) in [5, 5.41) is 9.43. The summed E-state index contributed by atoms with van der Waals surface area (Å²) in [4.78, 5) is 11.5. The van der Waals surface area contributed by atoms with Gasteiger partial charge in [0.05, 0.1) is 12.5 Å². The molecule has 0 amide bonds. The van der Waals surface area contributed by atoms with Gasteiger partial charge in [-0.2, -0.15) is 0 Å². The molecule has 1 aromatic rings. The predicted octanol–water partition coefficient (Wildman–Crippen LogP) is 2.35. The lowest BCUT2D eigenvalue weighted by Gasteiger charge is -2.24. The van der Waals surface area contributed by atoms with Crippen LogP contribution in [0.4, 0.5) is 0 Å². The zero-order valence-electron chi connectivity index (χ0n) is 10.4.